The van der Waals surface area contributed by atoms with Crippen molar-refractivity contribution in [2.45, 2.75) is 24.8 Å². The Bertz CT molecular complexity index is 642. The molecule has 0 radical (unpaired) electrons. The average molecular weight is 300 g/mol. The number of anilines is 1. The first kappa shape index (κ1) is 13.7. The Kier molecular flexibility index (Phi) is 3.35. The standard InChI is InChI=1S/C16H20N4O2/c17-16(6-1-7-16)15-18-14(22-19-15)12-2-4-13(5-3-12)20-8-10-21-11-9-20/h2-5H,1,6-11,17H2. The number of morpholine rings is 1. The SMILES string of the molecule is NC1(c2noc(-c3ccc(N4CCOCC4)cc3)n2)CCC1. The van der Waals surface area contributed by atoms with E-state index in [1.165, 1.54) is 5.69 Å². The van der Waals surface area contributed by atoms with Crippen molar-refractivity contribution < 1.29 is 9.26 Å². The zero-order chi connectivity index (χ0) is 15.0. The zero-order valence-corrected chi connectivity index (χ0v) is 12.5. The summed E-state index contributed by atoms with van der Waals surface area (Å²) in [7, 11) is 0. The Labute approximate surface area is 129 Å². The third-order valence-corrected chi connectivity index (χ3v) is 4.61. The Morgan fingerprint density at radius 1 is 1.09 bits per heavy atom. The number of nitrogens with zero attached hydrogens (tertiary/aromatic N) is 3. The van der Waals surface area contributed by atoms with Gasteiger partial charge in [-0.05, 0) is 43.5 Å². The lowest BCUT2D eigenvalue weighted by Crippen LogP contribution is -2.44. The predicted molar refractivity (Wildman–Crippen MR) is 82.5 cm³/mol. The topological polar surface area (TPSA) is 77.4 Å². The lowest BCUT2D eigenvalue weighted by Gasteiger charge is -2.34. The Morgan fingerprint density at radius 2 is 1.82 bits per heavy atom. The Balaban J connectivity index is 1.53. The molecule has 4 rings (SSSR count). The van der Waals surface area contributed by atoms with Crippen molar-refractivity contribution >= 4 is 5.69 Å². The summed E-state index contributed by atoms with van der Waals surface area (Å²) >= 11 is 0. The molecule has 1 saturated heterocycles. The minimum absolute atomic E-state index is 0.379. The molecular formula is C16H20N4O2. The van der Waals surface area contributed by atoms with Crippen LogP contribution < -0.4 is 10.6 Å². The molecule has 1 aromatic carbocycles. The summed E-state index contributed by atoms with van der Waals surface area (Å²) in [6.45, 7) is 3.43. The van der Waals surface area contributed by atoms with Gasteiger partial charge in [-0.15, -0.1) is 0 Å². The maximum absolute atomic E-state index is 6.23. The normalized spacial score (nSPS) is 20.7. The van der Waals surface area contributed by atoms with E-state index >= 15 is 0 Å². The molecule has 1 saturated carbocycles. The third-order valence-electron chi connectivity index (χ3n) is 4.61. The molecule has 0 atom stereocenters. The van der Waals surface area contributed by atoms with Gasteiger partial charge in [-0.1, -0.05) is 5.16 Å². The molecule has 2 N–H and O–H groups in total. The fraction of sp³-hybridized carbons (Fsp3) is 0.500. The lowest BCUT2D eigenvalue weighted by molar-refractivity contribution is 0.122. The fourth-order valence-electron chi connectivity index (χ4n) is 2.96. The van der Waals surface area contributed by atoms with Gasteiger partial charge in [0.15, 0.2) is 5.82 Å². The quantitative estimate of drug-likeness (QED) is 0.933. The van der Waals surface area contributed by atoms with Crippen LogP contribution in [0.4, 0.5) is 5.69 Å². The summed E-state index contributed by atoms with van der Waals surface area (Å²) < 4.78 is 10.8. The highest BCUT2D eigenvalue weighted by molar-refractivity contribution is 5.59. The summed E-state index contributed by atoms with van der Waals surface area (Å²) in [5.41, 5.74) is 7.98. The Hall–Kier alpha value is -1.92. The number of aromatic nitrogens is 2. The van der Waals surface area contributed by atoms with Crippen LogP contribution in [0.3, 0.4) is 0 Å². The molecule has 2 aromatic rings. The van der Waals surface area contributed by atoms with E-state index in [1.54, 1.807) is 0 Å². The smallest absolute Gasteiger partial charge is 0.257 e. The van der Waals surface area contributed by atoms with E-state index in [-0.39, 0.29) is 5.54 Å². The van der Waals surface area contributed by atoms with Crippen LogP contribution in [0.5, 0.6) is 0 Å². The van der Waals surface area contributed by atoms with Gasteiger partial charge in [0.1, 0.15) is 0 Å². The van der Waals surface area contributed by atoms with E-state index in [4.69, 9.17) is 15.0 Å². The highest BCUT2D eigenvalue weighted by Gasteiger charge is 2.39. The molecule has 22 heavy (non-hydrogen) atoms. The van der Waals surface area contributed by atoms with Gasteiger partial charge < -0.3 is 19.9 Å². The molecule has 6 heteroatoms. The van der Waals surface area contributed by atoms with Crippen molar-refractivity contribution in [1.82, 2.24) is 10.1 Å². The van der Waals surface area contributed by atoms with Gasteiger partial charge >= 0.3 is 0 Å². The van der Waals surface area contributed by atoms with Gasteiger partial charge in [0.25, 0.3) is 5.89 Å². The minimum atomic E-state index is -0.379. The second-order valence-corrected chi connectivity index (χ2v) is 6.08. The maximum Gasteiger partial charge on any atom is 0.257 e. The first-order chi connectivity index (χ1) is 10.7. The van der Waals surface area contributed by atoms with E-state index < -0.39 is 0 Å². The predicted octanol–water partition coefficient (Wildman–Crippen LogP) is 1.91. The van der Waals surface area contributed by atoms with Gasteiger partial charge in [0.2, 0.25) is 0 Å². The van der Waals surface area contributed by atoms with Crippen molar-refractivity contribution in [1.29, 1.82) is 0 Å². The van der Waals surface area contributed by atoms with Crippen molar-refractivity contribution in [3.63, 3.8) is 0 Å². The van der Waals surface area contributed by atoms with Crippen molar-refractivity contribution in [3.8, 4) is 11.5 Å². The highest BCUT2D eigenvalue weighted by atomic mass is 16.5. The van der Waals surface area contributed by atoms with Crippen LogP contribution in [0.1, 0.15) is 25.1 Å². The summed E-state index contributed by atoms with van der Waals surface area (Å²) in [5.74, 6) is 1.17. The monoisotopic (exact) mass is 300 g/mol. The molecule has 1 aliphatic carbocycles. The molecule has 0 bridgehead atoms. The highest BCUT2D eigenvalue weighted by Crippen LogP contribution is 2.37. The molecule has 1 aromatic heterocycles. The number of benzene rings is 1. The number of hydrogen-bond donors (Lipinski definition) is 1. The fourth-order valence-corrected chi connectivity index (χ4v) is 2.96. The second-order valence-electron chi connectivity index (χ2n) is 6.08. The second kappa shape index (κ2) is 5.37. The first-order valence-electron chi connectivity index (χ1n) is 7.81. The van der Waals surface area contributed by atoms with E-state index in [2.05, 4.69) is 27.2 Å². The Morgan fingerprint density at radius 3 is 2.45 bits per heavy atom. The van der Waals surface area contributed by atoms with Crippen LogP contribution in [-0.2, 0) is 10.3 Å². The number of rotatable bonds is 3. The van der Waals surface area contributed by atoms with Gasteiger partial charge in [0.05, 0.1) is 18.8 Å². The molecule has 116 valence electrons. The van der Waals surface area contributed by atoms with Crippen LogP contribution in [0, 0.1) is 0 Å². The van der Waals surface area contributed by atoms with Gasteiger partial charge in [-0.2, -0.15) is 4.98 Å². The van der Waals surface area contributed by atoms with Crippen molar-refractivity contribution in [2.75, 3.05) is 31.2 Å². The molecule has 2 heterocycles. The minimum Gasteiger partial charge on any atom is -0.378 e. The molecule has 0 amide bonds. The van der Waals surface area contributed by atoms with Crippen LogP contribution in [0.2, 0.25) is 0 Å². The molecule has 0 unspecified atom stereocenters. The van der Waals surface area contributed by atoms with Crippen LogP contribution in [0.15, 0.2) is 28.8 Å². The molecule has 2 aliphatic rings. The molecule has 1 aliphatic heterocycles. The first-order valence-corrected chi connectivity index (χ1v) is 7.81. The van der Waals surface area contributed by atoms with Gasteiger partial charge in [0, 0.05) is 24.3 Å². The summed E-state index contributed by atoms with van der Waals surface area (Å²) in [6, 6.07) is 8.22. The molecular weight excluding hydrogens is 280 g/mol. The van der Waals surface area contributed by atoms with Crippen molar-refractivity contribution in [2.24, 2.45) is 5.73 Å². The summed E-state index contributed by atoms with van der Waals surface area (Å²) in [4.78, 5) is 6.80. The van der Waals surface area contributed by atoms with E-state index in [0.29, 0.717) is 11.7 Å². The summed E-state index contributed by atoms with van der Waals surface area (Å²) in [6.07, 6.45) is 3.00. The lowest BCUT2D eigenvalue weighted by atomic mass is 9.77. The average Bonchev–Trinajstić information content (AvgIpc) is 3.04. The molecule has 6 nitrogen and oxygen atoms in total. The van der Waals surface area contributed by atoms with Gasteiger partial charge in [-0.25, -0.2) is 0 Å². The number of ether oxygens (including phenoxy) is 1. The van der Waals surface area contributed by atoms with E-state index in [9.17, 15) is 0 Å². The summed E-state index contributed by atoms with van der Waals surface area (Å²) in [5, 5.41) is 4.06. The number of nitrogens with two attached hydrogens (primary N) is 1. The number of hydrogen-bond acceptors (Lipinski definition) is 6. The van der Waals surface area contributed by atoms with Crippen LogP contribution >= 0.6 is 0 Å². The van der Waals surface area contributed by atoms with E-state index in [1.807, 2.05) is 12.1 Å². The molecule has 0 spiro atoms. The van der Waals surface area contributed by atoms with E-state index in [0.717, 1.165) is 51.1 Å². The van der Waals surface area contributed by atoms with Crippen LogP contribution in [0.25, 0.3) is 11.5 Å². The maximum atomic E-state index is 6.23. The van der Waals surface area contributed by atoms with Crippen LogP contribution in [-0.4, -0.2) is 36.4 Å². The van der Waals surface area contributed by atoms with Crippen molar-refractivity contribution in [3.05, 3.63) is 30.1 Å². The third kappa shape index (κ3) is 2.38. The molecule has 2 fully saturated rings. The largest absolute Gasteiger partial charge is 0.378 e. The van der Waals surface area contributed by atoms with Gasteiger partial charge in [-0.3, -0.25) is 0 Å². The zero-order valence-electron chi connectivity index (χ0n) is 12.5.